The summed E-state index contributed by atoms with van der Waals surface area (Å²) in [6.45, 7) is 4.52. The molecule has 0 aromatic heterocycles. The van der Waals surface area contributed by atoms with Gasteiger partial charge >= 0.3 is 6.18 Å². The van der Waals surface area contributed by atoms with Crippen LogP contribution in [0.5, 0.6) is 0 Å². The normalized spacial score (nSPS) is 32.7. The van der Waals surface area contributed by atoms with Gasteiger partial charge in [0.05, 0.1) is 6.54 Å². The van der Waals surface area contributed by atoms with Crippen molar-refractivity contribution in [1.29, 1.82) is 0 Å². The molecule has 1 heterocycles. The Labute approximate surface area is 113 Å². The Balaban J connectivity index is 2.17. The SMILES string of the molecule is CCC1(C)CN(CC(F)(F)F)C2(CCCCC2)CN1. The lowest BCUT2D eigenvalue weighted by Gasteiger charge is -2.55. The molecule has 1 atom stereocenters. The smallest absolute Gasteiger partial charge is 0.308 e. The van der Waals surface area contributed by atoms with Crippen LogP contribution in [0.4, 0.5) is 13.2 Å². The molecule has 0 aromatic carbocycles. The third-order valence-electron chi connectivity index (χ3n) is 4.99. The fourth-order valence-corrected chi connectivity index (χ4v) is 3.51. The van der Waals surface area contributed by atoms with Crippen LogP contribution in [0.3, 0.4) is 0 Å². The lowest BCUT2D eigenvalue weighted by atomic mass is 9.76. The molecule has 2 aliphatic rings. The zero-order valence-electron chi connectivity index (χ0n) is 11.9. The van der Waals surface area contributed by atoms with Gasteiger partial charge in [-0.25, -0.2) is 0 Å². The third kappa shape index (κ3) is 3.43. The van der Waals surface area contributed by atoms with Crippen molar-refractivity contribution in [3.05, 3.63) is 0 Å². The van der Waals surface area contributed by atoms with Gasteiger partial charge < -0.3 is 5.32 Å². The number of piperazine rings is 1. The van der Waals surface area contributed by atoms with Crippen molar-refractivity contribution in [2.75, 3.05) is 19.6 Å². The second kappa shape index (κ2) is 5.24. The molecule has 1 unspecified atom stereocenters. The number of alkyl halides is 3. The van der Waals surface area contributed by atoms with E-state index in [1.54, 1.807) is 4.90 Å². The molecular formula is C14H25F3N2. The van der Waals surface area contributed by atoms with E-state index in [1.807, 2.05) is 13.8 Å². The first-order chi connectivity index (χ1) is 8.79. The molecule has 112 valence electrons. The average Bonchev–Trinajstić information content (AvgIpc) is 2.34. The Morgan fingerprint density at radius 1 is 1.16 bits per heavy atom. The third-order valence-corrected chi connectivity index (χ3v) is 4.99. The van der Waals surface area contributed by atoms with Crippen LogP contribution >= 0.6 is 0 Å². The van der Waals surface area contributed by atoms with Gasteiger partial charge in [0.1, 0.15) is 0 Å². The van der Waals surface area contributed by atoms with E-state index in [1.165, 1.54) is 0 Å². The van der Waals surface area contributed by atoms with Crippen LogP contribution in [0, 0.1) is 0 Å². The highest BCUT2D eigenvalue weighted by Gasteiger charge is 2.48. The van der Waals surface area contributed by atoms with E-state index < -0.39 is 12.7 Å². The summed E-state index contributed by atoms with van der Waals surface area (Å²) in [5.41, 5.74) is -0.448. The quantitative estimate of drug-likeness (QED) is 0.833. The van der Waals surface area contributed by atoms with Crippen LogP contribution in [0.1, 0.15) is 52.4 Å². The molecule has 1 saturated heterocycles. The van der Waals surface area contributed by atoms with E-state index in [-0.39, 0.29) is 11.1 Å². The zero-order valence-corrected chi connectivity index (χ0v) is 11.9. The molecule has 1 aliphatic heterocycles. The summed E-state index contributed by atoms with van der Waals surface area (Å²) in [6.07, 6.45) is 1.82. The summed E-state index contributed by atoms with van der Waals surface area (Å²) in [4.78, 5) is 1.73. The summed E-state index contributed by atoms with van der Waals surface area (Å²) < 4.78 is 38.6. The summed E-state index contributed by atoms with van der Waals surface area (Å²) in [5.74, 6) is 0. The van der Waals surface area contributed by atoms with E-state index in [0.717, 1.165) is 38.5 Å². The van der Waals surface area contributed by atoms with Gasteiger partial charge in [-0.05, 0) is 26.2 Å². The van der Waals surface area contributed by atoms with Gasteiger partial charge in [-0.15, -0.1) is 0 Å². The van der Waals surface area contributed by atoms with Crippen LogP contribution in [0.2, 0.25) is 0 Å². The van der Waals surface area contributed by atoms with Crippen molar-refractivity contribution in [1.82, 2.24) is 10.2 Å². The number of halogens is 3. The van der Waals surface area contributed by atoms with Crippen LogP contribution in [-0.4, -0.2) is 41.8 Å². The molecule has 0 radical (unpaired) electrons. The maximum atomic E-state index is 12.9. The summed E-state index contributed by atoms with van der Waals surface area (Å²) in [7, 11) is 0. The van der Waals surface area contributed by atoms with E-state index >= 15 is 0 Å². The van der Waals surface area contributed by atoms with E-state index in [0.29, 0.717) is 13.1 Å². The molecule has 2 nitrogen and oxygen atoms in total. The summed E-state index contributed by atoms with van der Waals surface area (Å²) in [5, 5.41) is 3.51. The molecule has 5 heteroatoms. The number of nitrogens with one attached hydrogen (secondary N) is 1. The number of rotatable bonds is 2. The van der Waals surface area contributed by atoms with Crippen LogP contribution < -0.4 is 5.32 Å². The fourth-order valence-electron chi connectivity index (χ4n) is 3.51. The standard InChI is InChI=1S/C14H25F3N2/c1-3-12(2)10-19(11-14(15,16)17)13(9-18-12)7-5-4-6-8-13/h18H,3-11H2,1-2H3. The predicted molar refractivity (Wildman–Crippen MR) is 70.1 cm³/mol. The molecule has 2 fully saturated rings. The number of hydrogen-bond acceptors (Lipinski definition) is 2. The Morgan fingerprint density at radius 2 is 1.79 bits per heavy atom. The Bertz CT molecular complexity index is 310. The topological polar surface area (TPSA) is 15.3 Å². The average molecular weight is 278 g/mol. The van der Waals surface area contributed by atoms with E-state index in [4.69, 9.17) is 0 Å². The minimum absolute atomic E-state index is 0.187. The fraction of sp³-hybridized carbons (Fsp3) is 1.00. The molecule has 0 bridgehead atoms. The van der Waals surface area contributed by atoms with Crippen molar-refractivity contribution in [2.24, 2.45) is 0 Å². The van der Waals surface area contributed by atoms with Gasteiger partial charge in [0.15, 0.2) is 0 Å². The minimum Gasteiger partial charge on any atom is -0.308 e. The number of nitrogens with zero attached hydrogens (tertiary/aromatic N) is 1. The van der Waals surface area contributed by atoms with Gasteiger partial charge in [0, 0.05) is 24.2 Å². The molecule has 1 spiro atoms. The largest absolute Gasteiger partial charge is 0.401 e. The second-order valence-electron chi connectivity index (χ2n) is 6.52. The molecule has 19 heavy (non-hydrogen) atoms. The highest BCUT2D eigenvalue weighted by molar-refractivity contribution is 5.04. The molecule has 0 aromatic rings. The number of hydrogen-bond donors (Lipinski definition) is 1. The Morgan fingerprint density at radius 3 is 2.32 bits per heavy atom. The zero-order chi connectivity index (χ0) is 14.1. The van der Waals surface area contributed by atoms with Gasteiger partial charge in [0.25, 0.3) is 0 Å². The monoisotopic (exact) mass is 278 g/mol. The molecule has 2 rings (SSSR count). The maximum absolute atomic E-state index is 12.9. The first kappa shape index (κ1) is 15.1. The highest BCUT2D eigenvalue weighted by Crippen LogP contribution is 2.39. The van der Waals surface area contributed by atoms with Crippen molar-refractivity contribution in [3.63, 3.8) is 0 Å². The lowest BCUT2D eigenvalue weighted by molar-refractivity contribution is -0.171. The molecule has 1 N–H and O–H groups in total. The summed E-state index contributed by atoms with van der Waals surface area (Å²) in [6, 6.07) is 0. The molecule has 0 amide bonds. The van der Waals surface area contributed by atoms with Crippen molar-refractivity contribution < 1.29 is 13.2 Å². The van der Waals surface area contributed by atoms with Gasteiger partial charge in [-0.1, -0.05) is 26.2 Å². The lowest BCUT2D eigenvalue weighted by Crippen LogP contribution is -2.70. The molecular weight excluding hydrogens is 253 g/mol. The van der Waals surface area contributed by atoms with Crippen LogP contribution in [-0.2, 0) is 0 Å². The first-order valence-electron chi connectivity index (χ1n) is 7.35. The van der Waals surface area contributed by atoms with E-state index in [2.05, 4.69) is 5.32 Å². The predicted octanol–water partition coefficient (Wildman–Crippen LogP) is 3.33. The summed E-state index contributed by atoms with van der Waals surface area (Å²) >= 11 is 0. The minimum atomic E-state index is -4.10. The Kier molecular flexibility index (Phi) is 4.17. The van der Waals surface area contributed by atoms with Gasteiger partial charge in [-0.3, -0.25) is 4.90 Å². The van der Waals surface area contributed by atoms with Crippen molar-refractivity contribution >= 4 is 0 Å². The van der Waals surface area contributed by atoms with Crippen molar-refractivity contribution in [2.45, 2.75) is 69.6 Å². The highest BCUT2D eigenvalue weighted by atomic mass is 19.4. The molecule has 1 aliphatic carbocycles. The maximum Gasteiger partial charge on any atom is 0.401 e. The van der Waals surface area contributed by atoms with Gasteiger partial charge in [0.2, 0.25) is 0 Å². The first-order valence-corrected chi connectivity index (χ1v) is 7.35. The van der Waals surface area contributed by atoms with Crippen LogP contribution in [0.25, 0.3) is 0 Å². The molecule has 1 saturated carbocycles. The second-order valence-corrected chi connectivity index (χ2v) is 6.52. The van der Waals surface area contributed by atoms with E-state index in [9.17, 15) is 13.2 Å². The Hall–Kier alpha value is -0.290. The van der Waals surface area contributed by atoms with Gasteiger partial charge in [-0.2, -0.15) is 13.2 Å². The van der Waals surface area contributed by atoms with Crippen molar-refractivity contribution in [3.8, 4) is 0 Å². The van der Waals surface area contributed by atoms with Crippen LogP contribution in [0.15, 0.2) is 0 Å².